The van der Waals surface area contributed by atoms with E-state index in [9.17, 15) is 18.3 Å². The summed E-state index contributed by atoms with van der Waals surface area (Å²) in [4.78, 5) is 14.8. The van der Waals surface area contributed by atoms with Crippen molar-refractivity contribution in [1.29, 1.82) is 0 Å². The van der Waals surface area contributed by atoms with Crippen molar-refractivity contribution in [3.05, 3.63) is 23.8 Å². The molecule has 2 atom stereocenters. The van der Waals surface area contributed by atoms with Gasteiger partial charge in [0.25, 0.3) is 10.0 Å². The van der Waals surface area contributed by atoms with E-state index in [0.717, 1.165) is 5.56 Å². The van der Waals surface area contributed by atoms with Crippen LogP contribution < -0.4 is 10.0 Å². The van der Waals surface area contributed by atoms with Gasteiger partial charge in [0, 0.05) is 0 Å². The molecule has 0 saturated heterocycles. The van der Waals surface area contributed by atoms with E-state index in [0.29, 0.717) is 12.1 Å². The quantitative estimate of drug-likeness (QED) is 0.623. The lowest BCUT2D eigenvalue weighted by molar-refractivity contribution is -0.140. The van der Waals surface area contributed by atoms with Gasteiger partial charge in [-0.2, -0.15) is 0 Å². The molecule has 2 unspecified atom stereocenters. The lowest BCUT2D eigenvalue weighted by Crippen LogP contribution is -2.43. The van der Waals surface area contributed by atoms with Crippen LogP contribution in [0.4, 0.5) is 5.69 Å². The average Bonchev–Trinajstić information content (AvgIpc) is 2.43. The Kier molecular flexibility index (Phi) is 4.38. The largest absolute Gasteiger partial charge is 0.480 e. The zero-order chi connectivity index (χ0) is 16.5. The summed E-state index contributed by atoms with van der Waals surface area (Å²) in [5.41, 5.74) is 1.17. The van der Waals surface area contributed by atoms with Crippen molar-refractivity contribution in [3.8, 4) is 0 Å². The van der Waals surface area contributed by atoms with Crippen molar-refractivity contribution < 1.29 is 23.4 Å². The summed E-state index contributed by atoms with van der Waals surface area (Å²) in [6.45, 7) is 3.17. The number of nitrogens with zero attached hydrogens (tertiary/aromatic N) is 1. The van der Waals surface area contributed by atoms with E-state index >= 15 is 0 Å². The second-order valence-electron chi connectivity index (χ2n) is 4.92. The summed E-state index contributed by atoms with van der Waals surface area (Å²) in [5.74, 6) is -1.58. The number of hydrogen-bond donors (Lipinski definition) is 4. The van der Waals surface area contributed by atoms with Crippen molar-refractivity contribution in [3.63, 3.8) is 0 Å². The minimum absolute atomic E-state index is 0.0784. The number of anilines is 1. The SMILES string of the molecule is CCc1ccc2c(c1)S(=O)(=O)NC(=NC(C(=O)O)C(C)O)N2. The molecule has 0 saturated carbocycles. The first-order chi connectivity index (χ1) is 10.2. The molecule has 1 aromatic rings. The molecule has 1 aromatic carbocycles. The number of aliphatic carboxylic acids is 1. The van der Waals surface area contributed by atoms with E-state index in [2.05, 4.69) is 15.0 Å². The van der Waals surface area contributed by atoms with Crippen LogP contribution in [0, 0.1) is 0 Å². The molecule has 1 aliphatic rings. The maximum Gasteiger partial charge on any atom is 0.331 e. The smallest absolute Gasteiger partial charge is 0.331 e. The molecule has 4 N–H and O–H groups in total. The molecule has 0 fully saturated rings. The van der Waals surface area contributed by atoms with Crippen LogP contribution in [-0.2, 0) is 21.2 Å². The number of aryl methyl sites for hydroxylation is 1. The van der Waals surface area contributed by atoms with Gasteiger partial charge < -0.3 is 15.5 Å². The third kappa shape index (κ3) is 3.20. The van der Waals surface area contributed by atoms with Gasteiger partial charge in [0.05, 0.1) is 11.8 Å². The fourth-order valence-electron chi connectivity index (χ4n) is 2.01. The molecule has 120 valence electrons. The van der Waals surface area contributed by atoms with E-state index in [1.54, 1.807) is 18.2 Å². The van der Waals surface area contributed by atoms with Crippen LogP contribution in [0.2, 0.25) is 0 Å². The molecule has 1 heterocycles. The number of guanidine groups is 1. The molecule has 0 spiro atoms. The number of aliphatic hydroxyl groups is 1. The monoisotopic (exact) mass is 327 g/mol. The molecule has 8 nitrogen and oxygen atoms in total. The van der Waals surface area contributed by atoms with Crippen LogP contribution >= 0.6 is 0 Å². The van der Waals surface area contributed by atoms with E-state index < -0.39 is 28.1 Å². The van der Waals surface area contributed by atoms with Crippen molar-refractivity contribution in [2.75, 3.05) is 5.32 Å². The molecule has 0 amide bonds. The Balaban J connectivity index is 2.44. The van der Waals surface area contributed by atoms with E-state index in [1.165, 1.54) is 6.92 Å². The maximum atomic E-state index is 12.2. The third-order valence-electron chi connectivity index (χ3n) is 3.21. The number of aliphatic hydroxyl groups excluding tert-OH is 1. The number of aliphatic imine (C=N–C) groups is 1. The number of fused-ring (bicyclic) bond motifs is 1. The van der Waals surface area contributed by atoms with Gasteiger partial charge in [-0.25, -0.2) is 22.9 Å². The molecular weight excluding hydrogens is 310 g/mol. The first kappa shape index (κ1) is 16.2. The summed E-state index contributed by atoms with van der Waals surface area (Å²) in [5, 5.41) is 21.1. The number of nitrogens with one attached hydrogen (secondary N) is 2. The van der Waals surface area contributed by atoms with Gasteiger partial charge in [-0.3, -0.25) is 0 Å². The van der Waals surface area contributed by atoms with Crippen LogP contribution in [-0.4, -0.2) is 42.7 Å². The Morgan fingerprint density at radius 2 is 2.09 bits per heavy atom. The minimum Gasteiger partial charge on any atom is -0.480 e. The lowest BCUT2D eigenvalue weighted by atomic mass is 10.1. The Hall–Kier alpha value is -2.13. The first-order valence-electron chi connectivity index (χ1n) is 6.66. The molecule has 0 radical (unpaired) electrons. The van der Waals surface area contributed by atoms with Crippen molar-refractivity contribution in [2.24, 2.45) is 4.99 Å². The summed E-state index contributed by atoms with van der Waals surface area (Å²) < 4.78 is 26.6. The van der Waals surface area contributed by atoms with Crippen LogP contribution in [0.1, 0.15) is 19.4 Å². The molecule has 2 rings (SSSR count). The molecule has 9 heteroatoms. The highest BCUT2D eigenvalue weighted by Crippen LogP contribution is 2.26. The van der Waals surface area contributed by atoms with Crippen LogP contribution in [0.3, 0.4) is 0 Å². The van der Waals surface area contributed by atoms with Crippen molar-refractivity contribution in [1.82, 2.24) is 4.72 Å². The maximum absolute atomic E-state index is 12.2. The zero-order valence-electron chi connectivity index (χ0n) is 12.1. The van der Waals surface area contributed by atoms with Crippen molar-refractivity contribution >= 4 is 27.6 Å². The van der Waals surface area contributed by atoms with Gasteiger partial charge in [0.1, 0.15) is 4.90 Å². The highest BCUT2D eigenvalue weighted by atomic mass is 32.2. The molecule has 0 bridgehead atoms. The molecule has 0 aliphatic carbocycles. The second kappa shape index (κ2) is 5.93. The summed E-state index contributed by atoms with van der Waals surface area (Å²) in [6.07, 6.45) is -0.576. The number of carboxylic acid groups (broad SMARTS) is 1. The van der Waals surface area contributed by atoms with Crippen LogP contribution in [0.5, 0.6) is 0 Å². The van der Waals surface area contributed by atoms with Gasteiger partial charge in [-0.1, -0.05) is 13.0 Å². The minimum atomic E-state index is -3.84. The standard InChI is InChI=1S/C13H17N3O5S/c1-3-8-4-5-9-10(6-8)22(20,21)16-13(14-9)15-11(7(2)17)12(18)19/h4-7,11,17H,3H2,1-2H3,(H,18,19)(H2,14,15,16). The summed E-state index contributed by atoms with van der Waals surface area (Å²) in [6, 6.07) is 3.44. The fraction of sp³-hybridized carbons (Fsp3) is 0.385. The summed E-state index contributed by atoms with van der Waals surface area (Å²) >= 11 is 0. The molecule has 0 aromatic heterocycles. The number of carbonyl (C=O) groups is 1. The normalized spacial score (nSPS) is 20.4. The number of carboxylic acids is 1. The van der Waals surface area contributed by atoms with Crippen LogP contribution in [0.15, 0.2) is 28.1 Å². The van der Waals surface area contributed by atoms with Gasteiger partial charge in [0.15, 0.2) is 6.04 Å². The highest BCUT2D eigenvalue weighted by Gasteiger charge is 2.29. The van der Waals surface area contributed by atoms with Gasteiger partial charge in [-0.05, 0) is 31.0 Å². The van der Waals surface area contributed by atoms with E-state index in [4.69, 9.17) is 5.11 Å². The zero-order valence-corrected chi connectivity index (χ0v) is 12.9. The Labute approximate surface area is 127 Å². The Morgan fingerprint density at radius 3 is 2.64 bits per heavy atom. The molecule has 1 aliphatic heterocycles. The number of sulfonamides is 1. The predicted molar refractivity (Wildman–Crippen MR) is 80.3 cm³/mol. The number of hydrogen-bond acceptors (Lipinski definition) is 5. The van der Waals surface area contributed by atoms with Gasteiger partial charge in [0.2, 0.25) is 5.96 Å². The topological polar surface area (TPSA) is 128 Å². The van der Waals surface area contributed by atoms with E-state index in [1.807, 2.05) is 6.92 Å². The van der Waals surface area contributed by atoms with Crippen LogP contribution in [0.25, 0.3) is 0 Å². The number of benzene rings is 1. The van der Waals surface area contributed by atoms with Crippen molar-refractivity contribution in [2.45, 2.75) is 37.3 Å². The Bertz CT molecular complexity index is 727. The number of rotatable bonds is 4. The third-order valence-corrected chi connectivity index (χ3v) is 4.58. The summed E-state index contributed by atoms with van der Waals surface area (Å²) in [7, 11) is -3.84. The first-order valence-corrected chi connectivity index (χ1v) is 8.14. The highest BCUT2D eigenvalue weighted by molar-refractivity contribution is 7.90. The van der Waals surface area contributed by atoms with E-state index in [-0.39, 0.29) is 10.9 Å². The van der Waals surface area contributed by atoms with Gasteiger partial charge >= 0.3 is 5.97 Å². The Morgan fingerprint density at radius 1 is 1.41 bits per heavy atom. The second-order valence-corrected chi connectivity index (χ2v) is 6.57. The van der Waals surface area contributed by atoms with Gasteiger partial charge in [-0.15, -0.1) is 0 Å². The molecule has 22 heavy (non-hydrogen) atoms. The fourth-order valence-corrected chi connectivity index (χ4v) is 3.20. The average molecular weight is 327 g/mol. The lowest BCUT2D eigenvalue weighted by Gasteiger charge is -2.23. The predicted octanol–water partition coefficient (Wildman–Crippen LogP) is 0.143. The molecular formula is C13H17N3O5S.